The van der Waals surface area contributed by atoms with Crippen molar-refractivity contribution < 1.29 is 29.0 Å². The highest BCUT2D eigenvalue weighted by molar-refractivity contribution is 7.13. The summed E-state index contributed by atoms with van der Waals surface area (Å²) in [4.78, 5) is 66.6. The molecule has 1 aromatic carbocycles. The number of piperidine rings is 1. The quantitative estimate of drug-likeness (QED) is 0.263. The highest BCUT2D eigenvalue weighted by atomic mass is 32.1. The van der Waals surface area contributed by atoms with Crippen LogP contribution in [0.3, 0.4) is 0 Å². The number of carbonyl (C=O) groups is 4. The van der Waals surface area contributed by atoms with Gasteiger partial charge in [-0.2, -0.15) is 0 Å². The van der Waals surface area contributed by atoms with Crippen molar-refractivity contribution in [3.63, 3.8) is 0 Å². The zero-order valence-corrected chi connectivity index (χ0v) is 30.5. The summed E-state index contributed by atoms with van der Waals surface area (Å²) in [7, 11) is 0. The molecule has 2 saturated heterocycles. The molecular weight excluding hydrogens is 657 g/mol. The monoisotopic (exact) mass is 704 g/mol. The van der Waals surface area contributed by atoms with E-state index in [0.717, 1.165) is 27.4 Å². The fraction of sp³-hybridized carbons (Fsp3) is 0.514. The van der Waals surface area contributed by atoms with Gasteiger partial charge in [0.1, 0.15) is 17.8 Å². The second kappa shape index (κ2) is 15.7. The number of anilines is 1. The predicted molar refractivity (Wildman–Crippen MR) is 191 cm³/mol. The lowest BCUT2D eigenvalue weighted by Crippen LogP contribution is -2.58. The van der Waals surface area contributed by atoms with Crippen LogP contribution in [0.2, 0.25) is 0 Å². The average Bonchev–Trinajstić information content (AvgIpc) is 3.71. The van der Waals surface area contributed by atoms with E-state index in [1.54, 1.807) is 30.5 Å². The number of amides is 3. The third kappa shape index (κ3) is 8.50. The minimum atomic E-state index is -0.987. The van der Waals surface area contributed by atoms with E-state index in [4.69, 9.17) is 4.74 Å². The molecule has 3 N–H and O–H groups in total. The number of nitrogens with one attached hydrogen (secondary N) is 2. The van der Waals surface area contributed by atoms with Gasteiger partial charge in [0.15, 0.2) is 0 Å². The second-order valence-corrected chi connectivity index (χ2v) is 15.1. The molecule has 2 fully saturated rings. The van der Waals surface area contributed by atoms with Crippen LogP contribution in [0.4, 0.5) is 5.69 Å². The fourth-order valence-corrected chi connectivity index (χ4v) is 7.37. The normalized spacial score (nSPS) is 19.5. The van der Waals surface area contributed by atoms with Crippen LogP contribution in [0.1, 0.15) is 81.7 Å². The van der Waals surface area contributed by atoms with Gasteiger partial charge in [0, 0.05) is 26.1 Å². The van der Waals surface area contributed by atoms with Gasteiger partial charge in [-0.25, -0.2) is 9.97 Å². The van der Waals surface area contributed by atoms with E-state index in [9.17, 15) is 24.3 Å². The Balaban J connectivity index is 1.22. The van der Waals surface area contributed by atoms with Gasteiger partial charge in [-0.3, -0.25) is 19.2 Å². The number of esters is 1. The van der Waals surface area contributed by atoms with Gasteiger partial charge in [-0.05, 0) is 62.3 Å². The zero-order valence-electron chi connectivity index (χ0n) is 29.6. The standard InChI is InChI=1S/C37H48N6O6S/c1-7-49-36(48)26-14-16-42(17-15-26)27-12-13-29(38-19-27)33(45)41-32(37(4,5)6)35(47)43-20-28(44)18-30(43)34(46)40-22(2)24-8-10-25(11-9-24)31-23(3)39-21-50-31/h8-13,19,21-22,26,28,30,32,44H,7,14-18,20H2,1-6H3,(H,40,46)(H,41,45)/t22-,28+,30-,32+/m0/s1. The van der Waals surface area contributed by atoms with Crippen molar-refractivity contribution in [1.82, 2.24) is 25.5 Å². The van der Waals surface area contributed by atoms with Gasteiger partial charge in [-0.1, -0.05) is 45.0 Å². The Bertz CT molecular complexity index is 1660. The number of aryl methyl sites for hydroxylation is 1. The maximum atomic E-state index is 14.1. The Morgan fingerprint density at radius 1 is 1.04 bits per heavy atom. The van der Waals surface area contributed by atoms with Gasteiger partial charge in [0.05, 0.1) is 52.6 Å². The number of pyridine rings is 1. The van der Waals surface area contributed by atoms with Crippen LogP contribution in [-0.4, -0.2) is 88.1 Å². The van der Waals surface area contributed by atoms with E-state index in [-0.39, 0.29) is 42.5 Å². The number of aliphatic hydroxyl groups excluding tert-OH is 1. The molecule has 12 nitrogen and oxygen atoms in total. The lowest BCUT2D eigenvalue weighted by molar-refractivity contribution is -0.148. The molecule has 268 valence electrons. The Morgan fingerprint density at radius 2 is 1.74 bits per heavy atom. The van der Waals surface area contributed by atoms with Crippen LogP contribution >= 0.6 is 11.3 Å². The highest BCUT2D eigenvalue weighted by Crippen LogP contribution is 2.30. The Labute approximate surface area is 297 Å². The SMILES string of the molecule is CCOC(=O)C1CCN(c2ccc(C(=O)N[C@H](C(=O)N3C[C@H](O)C[C@H]3C(=O)N[C@@H](C)c3ccc(-c4scnc4C)cc3)C(C)(C)C)nc2)CC1. The van der Waals surface area contributed by atoms with Crippen molar-refractivity contribution in [3.8, 4) is 10.4 Å². The van der Waals surface area contributed by atoms with Crippen molar-refractivity contribution in [1.29, 1.82) is 0 Å². The number of hydrogen-bond acceptors (Lipinski definition) is 10. The van der Waals surface area contributed by atoms with Crippen LogP contribution in [0, 0.1) is 18.3 Å². The maximum absolute atomic E-state index is 14.1. The maximum Gasteiger partial charge on any atom is 0.309 e. The number of β-amino-alcohol motifs (C(OH)–C–C–N with tert-alkyl or cyclic N) is 1. The number of hydrogen-bond donors (Lipinski definition) is 3. The van der Waals surface area contributed by atoms with Crippen LogP contribution in [0.5, 0.6) is 0 Å². The molecule has 2 aliphatic rings. The summed E-state index contributed by atoms with van der Waals surface area (Å²) < 4.78 is 5.16. The number of thiazole rings is 1. The molecule has 5 rings (SSSR count). The van der Waals surface area contributed by atoms with Crippen LogP contribution < -0.4 is 15.5 Å². The molecule has 2 aromatic heterocycles. The number of aromatic nitrogens is 2. The molecule has 4 heterocycles. The first-order valence-electron chi connectivity index (χ1n) is 17.2. The summed E-state index contributed by atoms with van der Waals surface area (Å²) in [6.07, 6.45) is 2.21. The summed E-state index contributed by atoms with van der Waals surface area (Å²) in [5.74, 6) is -1.60. The first-order valence-corrected chi connectivity index (χ1v) is 18.1. The molecule has 0 bridgehead atoms. The molecule has 0 aliphatic carbocycles. The summed E-state index contributed by atoms with van der Waals surface area (Å²) >= 11 is 1.58. The summed E-state index contributed by atoms with van der Waals surface area (Å²) in [6, 6.07) is 9.14. The molecular formula is C37H48N6O6S. The zero-order chi connectivity index (χ0) is 36.2. The van der Waals surface area contributed by atoms with Gasteiger partial charge in [0.2, 0.25) is 11.8 Å². The van der Waals surface area contributed by atoms with Crippen molar-refractivity contribution in [2.24, 2.45) is 11.3 Å². The van der Waals surface area contributed by atoms with E-state index >= 15 is 0 Å². The smallest absolute Gasteiger partial charge is 0.309 e. The number of likely N-dealkylation sites (tertiary alicyclic amines) is 1. The van der Waals surface area contributed by atoms with E-state index < -0.39 is 35.4 Å². The first kappa shape index (κ1) is 36.9. The summed E-state index contributed by atoms with van der Waals surface area (Å²) in [5, 5.41) is 16.5. The second-order valence-electron chi connectivity index (χ2n) is 14.2. The number of rotatable bonds is 10. The highest BCUT2D eigenvalue weighted by Gasteiger charge is 2.45. The topological polar surface area (TPSA) is 154 Å². The van der Waals surface area contributed by atoms with Crippen molar-refractivity contribution in [2.75, 3.05) is 31.1 Å². The van der Waals surface area contributed by atoms with Gasteiger partial charge in [-0.15, -0.1) is 11.3 Å². The van der Waals surface area contributed by atoms with Gasteiger partial charge >= 0.3 is 5.97 Å². The van der Waals surface area contributed by atoms with Crippen molar-refractivity contribution in [2.45, 2.75) is 85.0 Å². The molecule has 13 heteroatoms. The van der Waals surface area contributed by atoms with Gasteiger partial charge < -0.3 is 30.3 Å². The molecule has 3 amide bonds. The lowest BCUT2D eigenvalue weighted by Gasteiger charge is -2.35. The van der Waals surface area contributed by atoms with Gasteiger partial charge in [0.25, 0.3) is 5.91 Å². The minimum Gasteiger partial charge on any atom is -0.466 e. The van der Waals surface area contributed by atoms with Crippen LogP contribution in [0.25, 0.3) is 10.4 Å². The van der Waals surface area contributed by atoms with Crippen LogP contribution in [-0.2, 0) is 19.1 Å². The molecule has 0 radical (unpaired) electrons. The average molecular weight is 705 g/mol. The lowest BCUT2D eigenvalue weighted by atomic mass is 9.85. The number of aliphatic hydroxyl groups is 1. The molecule has 2 aliphatic heterocycles. The van der Waals surface area contributed by atoms with Crippen molar-refractivity contribution >= 4 is 40.7 Å². The van der Waals surface area contributed by atoms with Crippen LogP contribution in [0.15, 0.2) is 48.1 Å². The van der Waals surface area contributed by atoms with E-state index in [1.807, 2.05) is 70.5 Å². The van der Waals surface area contributed by atoms with E-state index in [2.05, 4.69) is 25.5 Å². The largest absolute Gasteiger partial charge is 0.466 e. The molecule has 0 saturated carbocycles. The Kier molecular flexibility index (Phi) is 11.6. The third-order valence-corrected chi connectivity index (χ3v) is 10.5. The van der Waals surface area contributed by atoms with E-state index in [0.29, 0.717) is 32.5 Å². The fourth-order valence-electron chi connectivity index (χ4n) is 6.56. The first-order chi connectivity index (χ1) is 23.8. The molecule has 3 aromatic rings. The molecule has 0 unspecified atom stereocenters. The number of carbonyl (C=O) groups excluding carboxylic acids is 4. The molecule has 0 spiro atoms. The number of benzene rings is 1. The predicted octanol–water partition coefficient (Wildman–Crippen LogP) is 4.28. The molecule has 50 heavy (non-hydrogen) atoms. The minimum absolute atomic E-state index is 0.0174. The summed E-state index contributed by atoms with van der Waals surface area (Å²) in [5.41, 5.74) is 5.02. The summed E-state index contributed by atoms with van der Waals surface area (Å²) in [6.45, 7) is 12.9. The Morgan fingerprint density at radius 3 is 2.32 bits per heavy atom. The molecule has 4 atom stereocenters. The Hall–Kier alpha value is -4.36. The van der Waals surface area contributed by atoms with Crippen molar-refractivity contribution in [3.05, 3.63) is 65.1 Å². The van der Waals surface area contributed by atoms with E-state index in [1.165, 1.54) is 4.90 Å². The number of ether oxygens (including phenoxy) is 1. The number of nitrogens with zero attached hydrogens (tertiary/aromatic N) is 4. The third-order valence-electron chi connectivity index (χ3n) is 9.49.